The molecule has 1 aromatic heterocycles. The Morgan fingerprint density at radius 2 is 1.87 bits per heavy atom. The summed E-state index contributed by atoms with van der Waals surface area (Å²) in [5.41, 5.74) is 3.59. The van der Waals surface area contributed by atoms with Gasteiger partial charge in [0, 0.05) is 30.5 Å². The van der Waals surface area contributed by atoms with Crippen LogP contribution in [0.3, 0.4) is 0 Å². The van der Waals surface area contributed by atoms with Gasteiger partial charge in [-0.3, -0.25) is 14.7 Å². The number of ketones is 1. The van der Waals surface area contributed by atoms with Crippen molar-refractivity contribution in [2.75, 3.05) is 13.3 Å². The molecule has 2 aliphatic rings. The zero-order valence-electron chi connectivity index (χ0n) is 16.2. The van der Waals surface area contributed by atoms with Crippen LogP contribution in [0.5, 0.6) is 11.5 Å². The predicted octanol–water partition coefficient (Wildman–Crippen LogP) is 4.75. The number of carbonyl (C=O) groups is 1. The van der Waals surface area contributed by atoms with Gasteiger partial charge in [0.25, 0.3) is 0 Å². The van der Waals surface area contributed by atoms with Crippen molar-refractivity contribution in [2.24, 2.45) is 0 Å². The first-order chi connectivity index (χ1) is 14.7. The maximum atomic E-state index is 12.8. The van der Waals surface area contributed by atoms with Crippen LogP contribution in [-0.4, -0.2) is 28.9 Å². The van der Waals surface area contributed by atoms with Crippen molar-refractivity contribution < 1.29 is 14.3 Å². The highest BCUT2D eigenvalue weighted by Crippen LogP contribution is 2.42. The highest BCUT2D eigenvalue weighted by atomic mass is 35.5. The van der Waals surface area contributed by atoms with E-state index in [4.69, 9.17) is 21.1 Å². The van der Waals surface area contributed by atoms with Crippen molar-refractivity contribution in [3.05, 3.63) is 94.0 Å². The van der Waals surface area contributed by atoms with E-state index in [1.807, 2.05) is 42.5 Å². The molecular weight excluding hydrogens is 400 g/mol. The second-order valence-electron chi connectivity index (χ2n) is 7.34. The molecule has 0 radical (unpaired) electrons. The van der Waals surface area contributed by atoms with E-state index in [9.17, 15) is 4.79 Å². The number of hydrogen-bond acceptors (Lipinski definition) is 5. The molecule has 0 atom stereocenters. The molecule has 2 aliphatic heterocycles. The summed E-state index contributed by atoms with van der Waals surface area (Å²) in [5.74, 6) is 1.59. The largest absolute Gasteiger partial charge is 0.478 e. The molecule has 5 nitrogen and oxygen atoms in total. The molecule has 0 saturated heterocycles. The first-order valence-electron chi connectivity index (χ1n) is 9.77. The van der Waals surface area contributed by atoms with Crippen LogP contribution in [0, 0.1) is 0 Å². The van der Waals surface area contributed by atoms with Gasteiger partial charge in [0.15, 0.2) is 5.76 Å². The first-order valence-corrected chi connectivity index (χ1v) is 10.1. The Morgan fingerprint density at radius 3 is 2.67 bits per heavy atom. The molecule has 3 heterocycles. The Kier molecular flexibility index (Phi) is 4.99. The highest BCUT2D eigenvalue weighted by Gasteiger charge is 2.33. The fourth-order valence-electron chi connectivity index (χ4n) is 3.70. The van der Waals surface area contributed by atoms with Gasteiger partial charge in [0.05, 0.1) is 11.1 Å². The molecule has 150 valence electrons. The van der Waals surface area contributed by atoms with Crippen LogP contribution in [0.25, 0.3) is 6.08 Å². The molecular formula is C24H19ClN2O3. The number of nitrogens with zero attached hydrogens (tertiary/aromatic N) is 2. The minimum absolute atomic E-state index is 0.108. The van der Waals surface area contributed by atoms with Gasteiger partial charge in [-0.05, 0) is 60.0 Å². The number of rotatable bonds is 4. The molecule has 0 unspecified atom stereocenters. The second-order valence-corrected chi connectivity index (χ2v) is 7.78. The Labute approximate surface area is 179 Å². The van der Waals surface area contributed by atoms with E-state index in [-0.39, 0.29) is 5.78 Å². The van der Waals surface area contributed by atoms with Crippen molar-refractivity contribution in [2.45, 2.75) is 13.0 Å². The maximum Gasteiger partial charge on any atom is 0.231 e. The Balaban J connectivity index is 1.35. The summed E-state index contributed by atoms with van der Waals surface area (Å²) in [6, 6.07) is 15.2. The van der Waals surface area contributed by atoms with Crippen molar-refractivity contribution >= 4 is 23.5 Å². The van der Waals surface area contributed by atoms with E-state index in [1.54, 1.807) is 24.5 Å². The number of benzene rings is 2. The van der Waals surface area contributed by atoms with Gasteiger partial charge in [0.2, 0.25) is 5.78 Å². The number of halogens is 1. The van der Waals surface area contributed by atoms with E-state index in [0.717, 1.165) is 34.9 Å². The molecule has 0 bridgehead atoms. The number of hydrogen-bond donors (Lipinski definition) is 0. The number of fused-ring (bicyclic) bond motifs is 3. The Morgan fingerprint density at radius 1 is 1.07 bits per heavy atom. The van der Waals surface area contributed by atoms with E-state index in [2.05, 4.69) is 9.88 Å². The van der Waals surface area contributed by atoms with E-state index >= 15 is 0 Å². The van der Waals surface area contributed by atoms with E-state index in [1.165, 1.54) is 5.56 Å². The molecule has 0 amide bonds. The quantitative estimate of drug-likeness (QED) is 0.572. The van der Waals surface area contributed by atoms with Gasteiger partial charge in [0.1, 0.15) is 18.2 Å². The molecule has 30 heavy (non-hydrogen) atoms. The lowest BCUT2D eigenvalue weighted by atomic mass is 10.0. The summed E-state index contributed by atoms with van der Waals surface area (Å²) in [6.07, 6.45) is 6.01. The lowest BCUT2D eigenvalue weighted by Crippen LogP contribution is -2.33. The minimum Gasteiger partial charge on any atom is -0.478 e. The molecule has 0 aliphatic carbocycles. The van der Waals surface area contributed by atoms with Crippen LogP contribution in [0.15, 0.2) is 66.7 Å². The van der Waals surface area contributed by atoms with Crippen LogP contribution in [0.2, 0.25) is 5.02 Å². The van der Waals surface area contributed by atoms with E-state index < -0.39 is 0 Å². The molecule has 0 saturated carbocycles. The monoisotopic (exact) mass is 418 g/mol. The summed E-state index contributed by atoms with van der Waals surface area (Å²) >= 11 is 5.97. The third-order valence-electron chi connectivity index (χ3n) is 5.32. The van der Waals surface area contributed by atoms with Gasteiger partial charge in [-0.1, -0.05) is 23.7 Å². The molecule has 5 rings (SSSR count). The Bertz CT molecular complexity index is 1130. The highest BCUT2D eigenvalue weighted by molar-refractivity contribution is 6.30. The topological polar surface area (TPSA) is 51.7 Å². The minimum atomic E-state index is -0.108. The average Bonchev–Trinajstić information content (AvgIpc) is 3.10. The molecule has 2 aromatic carbocycles. The average molecular weight is 419 g/mol. The summed E-state index contributed by atoms with van der Waals surface area (Å²) < 4.78 is 12.0. The first kappa shape index (κ1) is 18.9. The fourth-order valence-corrected chi connectivity index (χ4v) is 3.82. The van der Waals surface area contributed by atoms with Crippen molar-refractivity contribution in [3.8, 4) is 11.5 Å². The predicted molar refractivity (Wildman–Crippen MR) is 115 cm³/mol. The number of carbonyl (C=O) groups excluding carboxylic acids is 1. The molecule has 0 fully saturated rings. The van der Waals surface area contributed by atoms with Gasteiger partial charge in [-0.2, -0.15) is 0 Å². The van der Waals surface area contributed by atoms with E-state index in [0.29, 0.717) is 30.3 Å². The van der Waals surface area contributed by atoms with Crippen LogP contribution in [-0.2, 0) is 13.0 Å². The SMILES string of the molecule is O=C1/C(=C/c2ccncc2)Oc2c1ccc1c2CN(CCc2ccc(Cl)cc2)CO1. The van der Waals surface area contributed by atoms with Gasteiger partial charge < -0.3 is 9.47 Å². The number of Topliss-reactive ketones (excluding diaryl/α,β-unsaturated/α-hetero) is 1. The van der Waals surface area contributed by atoms with Gasteiger partial charge in [-0.15, -0.1) is 0 Å². The maximum absolute atomic E-state index is 12.8. The van der Waals surface area contributed by atoms with Crippen molar-refractivity contribution in [3.63, 3.8) is 0 Å². The third-order valence-corrected chi connectivity index (χ3v) is 5.57. The normalized spacial score (nSPS) is 16.7. The van der Waals surface area contributed by atoms with Crippen LogP contribution >= 0.6 is 11.6 Å². The lowest BCUT2D eigenvalue weighted by Gasteiger charge is -2.29. The number of aromatic nitrogens is 1. The summed E-state index contributed by atoms with van der Waals surface area (Å²) in [5, 5.41) is 0.738. The molecule has 0 N–H and O–H groups in total. The summed E-state index contributed by atoms with van der Waals surface area (Å²) in [4.78, 5) is 19.0. The lowest BCUT2D eigenvalue weighted by molar-refractivity contribution is 0.0950. The van der Waals surface area contributed by atoms with Crippen molar-refractivity contribution in [1.29, 1.82) is 0 Å². The zero-order chi connectivity index (χ0) is 20.5. The van der Waals surface area contributed by atoms with Crippen molar-refractivity contribution in [1.82, 2.24) is 9.88 Å². The van der Waals surface area contributed by atoms with Crippen LogP contribution < -0.4 is 9.47 Å². The third kappa shape index (κ3) is 3.70. The Hall–Kier alpha value is -3.15. The summed E-state index contributed by atoms with van der Waals surface area (Å²) in [7, 11) is 0. The fraction of sp³-hybridized carbons (Fsp3) is 0.167. The molecule has 6 heteroatoms. The van der Waals surface area contributed by atoms with Crippen LogP contribution in [0.1, 0.15) is 27.0 Å². The molecule has 3 aromatic rings. The van der Waals surface area contributed by atoms with Gasteiger partial charge >= 0.3 is 0 Å². The second kappa shape index (κ2) is 7.94. The smallest absolute Gasteiger partial charge is 0.231 e. The summed E-state index contributed by atoms with van der Waals surface area (Å²) in [6.45, 7) is 2.01. The number of allylic oxidation sites excluding steroid dienone is 1. The standard InChI is InChI=1S/C24H19ClN2O3/c25-18-3-1-16(2-4-18)9-12-27-14-20-21(29-15-27)6-5-19-23(28)22(30-24(19)20)13-17-7-10-26-11-8-17/h1-8,10-11,13H,9,12,14-15H2/b22-13-. The van der Waals surface area contributed by atoms with Crippen LogP contribution in [0.4, 0.5) is 0 Å². The molecule has 0 spiro atoms. The zero-order valence-corrected chi connectivity index (χ0v) is 16.9. The number of ether oxygens (including phenoxy) is 2. The number of pyridine rings is 1. The van der Waals surface area contributed by atoms with Gasteiger partial charge in [-0.25, -0.2) is 0 Å².